The standard InChI is InChI=1S/C21H37N5O.HI/c1-17(2)26(18(3)4)16-10-15-25-21(22-5)24-14-9-13-23-20(27)19-11-7-6-8-12-19;/h6-8,11-12,17-18H,9-10,13-16H2,1-5H3,(H,23,27)(H2,22,24,25);1H. The number of rotatable bonds is 11. The number of carbonyl (C=O) groups is 1. The first-order valence-corrected chi connectivity index (χ1v) is 9.99. The van der Waals surface area contributed by atoms with Crippen LogP contribution in [0.5, 0.6) is 0 Å². The number of hydrogen-bond acceptors (Lipinski definition) is 3. The zero-order valence-corrected chi connectivity index (χ0v) is 20.3. The number of halogens is 1. The average Bonchev–Trinajstić information content (AvgIpc) is 2.65. The third-order valence-electron chi connectivity index (χ3n) is 4.40. The van der Waals surface area contributed by atoms with Gasteiger partial charge >= 0.3 is 0 Å². The summed E-state index contributed by atoms with van der Waals surface area (Å²) in [7, 11) is 1.78. The molecule has 0 bridgehead atoms. The normalized spacial score (nSPS) is 11.5. The molecule has 0 atom stereocenters. The van der Waals surface area contributed by atoms with Crippen molar-refractivity contribution in [1.82, 2.24) is 20.9 Å². The fourth-order valence-corrected chi connectivity index (χ4v) is 2.99. The van der Waals surface area contributed by atoms with Gasteiger partial charge in [0.1, 0.15) is 0 Å². The lowest BCUT2D eigenvalue weighted by Gasteiger charge is -2.30. The summed E-state index contributed by atoms with van der Waals surface area (Å²) in [6.45, 7) is 12.3. The van der Waals surface area contributed by atoms with Crippen LogP contribution in [-0.2, 0) is 0 Å². The van der Waals surface area contributed by atoms with E-state index in [1.807, 2.05) is 30.3 Å². The van der Waals surface area contributed by atoms with Crippen LogP contribution in [0.4, 0.5) is 0 Å². The Balaban J connectivity index is 0.00000729. The lowest BCUT2D eigenvalue weighted by molar-refractivity contribution is 0.0953. The average molecular weight is 503 g/mol. The Morgan fingerprint density at radius 2 is 1.46 bits per heavy atom. The molecule has 0 heterocycles. The van der Waals surface area contributed by atoms with Gasteiger partial charge in [-0.15, -0.1) is 24.0 Å². The van der Waals surface area contributed by atoms with Gasteiger partial charge in [-0.3, -0.25) is 14.7 Å². The zero-order chi connectivity index (χ0) is 20.1. The van der Waals surface area contributed by atoms with E-state index in [9.17, 15) is 4.79 Å². The van der Waals surface area contributed by atoms with Crippen LogP contribution in [0, 0.1) is 0 Å². The molecule has 0 aliphatic heterocycles. The van der Waals surface area contributed by atoms with E-state index in [-0.39, 0.29) is 29.9 Å². The fourth-order valence-electron chi connectivity index (χ4n) is 2.99. The highest BCUT2D eigenvalue weighted by Gasteiger charge is 2.12. The van der Waals surface area contributed by atoms with Crippen LogP contribution >= 0.6 is 24.0 Å². The number of nitrogens with one attached hydrogen (secondary N) is 3. The Kier molecular flexibility index (Phi) is 14.8. The van der Waals surface area contributed by atoms with Gasteiger partial charge in [-0.1, -0.05) is 18.2 Å². The minimum Gasteiger partial charge on any atom is -0.356 e. The molecular formula is C21H38IN5O. The molecule has 0 saturated carbocycles. The summed E-state index contributed by atoms with van der Waals surface area (Å²) in [5.41, 5.74) is 0.694. The van der Waals surface area contributed by atoms with Crippen LogP contribution in [-0.4, -0.2) is 62.1 Å². The summed E-state index contributed by atoms with van der Waals surface area (Å²) in [4.78, 5) is 18.7. The SMILES string of the molecule is CN=C(NCCCNC(=O)c1ccccc1)NCCCN(C(C)C)C(C)C.I. The van der Waals surface area contributed by atoms with E-state index in [1.54, 1.807) is 7.05 Å². The van der Waals surface area contributed by atoms with Gasteiger partial charge in [0.05, 0.1) is 0 Å². The highest BCUT2D eigenvalue weighted by Crippen LogP contribution is 2.05. The van der Waals surface area contributed by atoms with Crippen molar-refractivity contribution in [2.45, 2.75) is 52.6 Å². The molecule has 1 rings (SSSR count). The Labute approximate surface area is 188 Å². The van der Waals surface area contributed by atoms with E-state index in [0.717, 1.165) is 38.4 Å². The molecule has 0 aliphatic rings. The molecular weight excluding hydrogens is 465 g/mol. The molecule has 0 aromatic heterocycles. The van der Waals surface area contributed by atoms with Gasteiger partial charge in [-0.2, -0.15) is 0 Å². The van der Waals surface area contributed by atoms with Crippen molar-refractivity contribution >= 4 is 35.8 Å². The summed E-state index contributed by atoms with van der Waals surface area (Å²) < 4.78 is 0. The maximum atomic E-state index is 12.0. The number of carbonyl (C=O) groups excluding carboxylic acids is 1. The van der Waals surface area contributed by atoms with Crippen molar-refractivity contribution in [1.29, 1.82) is 0 Å². The quantitative estimate of drug-likeness (QED) is 0.188. The van der Waals surface area contributed by atoms with Crippen molar-refractivity contribution in [2.24, 2.45) is 4.99 Å². The first-order chi connectivity index (χ1) is 13.0. The second-order valence-electron chi connectivity index (χ2n) is 7.18. The molecule has 0 aliphatic carbocycles. The van der Waals surface area contributed by atoms with Gasteiger partial charge in [-0.05, 0) is 52.7 Å². The summed E-state index contributed by atoms with van der Waals surface area (Å²) in [5, 5.41) is 9.58. The first-order valence-electron chi connectivity index (χ1n) is 9.99. The second-order valence-corrected chi connectivity index (χ2v) is 7.18. The third kappa shape index (κ3) is 10.8. The van der Waals surface area contributed by atoms with E-state index in [1.165, 1.54) is 0 Å². The fraction of sp³-hybridized carbons (Fsp3) is 0.619. The van der Waals surface area contributed by atoms with E-state index in [4.69, 9.17) is 0 Å². The molecule has 7 heteroatoms. The Bertz CT molecular complexity index is 555. The summed E-state index contributed by atoms with van der Waals surface area (Å²) in [6, 6.07) is 10.4. The number of nitrogens with zero attached hydrogens (tertiary/aromatic N) is 2. The Hall–Kier alpha value is -1.35. The Morgan fingerprint density at radius 1 is 0.929 bits per heavy atom. The largest absolute Gasteiger partial charge is 0.356 e. The van der Waals surface area contributed by atoms with Gasteiger partial charge in [0.15, 0.2) is 5.96 Å². The molecule has 1 amide bonds. The van der Waals surface area contributed by atoms with Crippen molar-refractivity contribution in [2.75, 3.05) is 33.2 Å². The molecule has 6 nitrogen and oxygen atoms in total. The van der Waals surface area contributed by atoms with E-state index >= 15 is 0 Å². The van der Waals surface area contributed by atoms with Crippen LogP contribution < -0.4 is 16.0 Å². The predicted molar refractivity (Wildman–Crippen MR) is 130 cm³/mol. The molecule has 0 fully saturated rings. The monoisotopic (exact) mass is 503 g/mol. The van der Waals surface area contributed by atoms with Gasteiger partial charge in [0.25, 0.3) is 5.91 Å². The summed E-state index contributed by atoms with van der Waals surface area (Å²) >= 11 is 0. The van der Waals surface area contributed by atoms with Gasteiger partial charge in [0, 0.05) is 50.9 Å². The van der Waals surface area contributed by atoms with Crippen molar-refractivity contribution in [3.8, 4) is 0 Å². The lowest BCUT2D eigenvalue weighted by Crippen LogP contribution is -2.41. The lowest BCUT2D eigenvalue weighted by atomic mass is 10.2. The van der Waals surface area contributed by atoms with Crippen molar-refractivity contribution < 1.29 is 4.79 Å². The summed E-state index contributed by atoms with van der Waals surface area (Å²) in [5.74, 6) is 0.781. The van der Waals surface area contributed by atoms with Gasteiger partial charge < -0.3 is 16.0 Å². The maximum absolute atomic E-state index is 12.0. The molecule has 0 spiro atoms. The smallest absolute Gasteiger partial charge is 0.251 e. The highest BCUT2D eigenvalue weighted by molar-refractivity contribution is 14.0. The van der Waals surface area contributed by atoms with Crippen LogP contribution in [0.1, 0.15) is 50.9 Å². The van der Waals surface area contributed by atoms with Crippen LogP contribution in [0.25, 0.3) is 0 Å². The number of hydrogen-bond donors (Lipinski definition) is 3. The predicted octanol–water partition coefficient (Wildman–Crippen LogP) is 3.10. The molecule has 1 aromatic carbocycles. The molecule has 1 aromatic rings. The van der Waals surface area contributed by atoms with Crippen molar-refractivity contribution in [3.05, 3.63) is 35.9 Å². The maximum Gasteiger partial charge on any atom is 0.251 e. The molecule has 3 N–H and O–H groups in total. The molecule has 28 heavy (non-hydrogen) atoms. The summed E-state index contributed by atoms with van der Waals surface area (Å²) in [6.07, 6.45) is 1.91. The zero-order valence-electron chi connectivity index (χ0n) is 18.0. The van der Waals surface area contributed by atoms with E-state index in [2.05, 4.69) is 53.5 Å². The van der Waals surface area contributed by atoms with Crippen LogP contribution in [0.3, 0.4) is 0 Å². The highest BCUT2D eigenvalue weighted by atomic mass is 127. The molecule has 0 unspecified atom stereocenters. The van der Waals surface area contributed by atoms with E-state index in [0.29, 0.717) is 24.2 Å². The molecule has 160 valence electrons. The van der Waals surface area contributed by atoms with Crippen LogP contribution in [0.15, 0.2) is 35.3 Å². The number of guanidine groups is 1. The minimum atomic E-state index is -0.0297. The minimum absolute atomic E-state index is 0. The van der Waals surface area contributed by atoms with Crippen LogP contribution in [0.2, 0.25) is 0 Å². The first kappa shape index (κ1) is 26.6. The van der Waals surface area contributed by atoms with E-state index < -0.39 is 0 Å². The molecule has 0 saturated heterocycles. The van der Waals surface area contributed by atoms with Gasteiger partial charge in [-0.25, -0.2) is 0 Å². The molecule has 0 radical (unpaired) electrons. The number of aliphatic imine (C=N–C) groups is 1. The van der Waals surface area contributed by atoms with Gasteiger partial charge in [0.2, 0.25) is 0 Å². The Morgan fingerprint density at radius 3 is 2.00 bits per heavy atom. The number of benzene rings is 1. The van der Waals surface area contributed by atoms with Crippen molar-refractivity contribution in [3.63, 3.8) is 0 Å². The topological polar surface area (TPSA) is 68.8 Å². The third-order valence-corrected chi connectivity index (χ3v) is 4.40. The second kappa shape index (κ2) is 15.6. The number of amides is 1.